The standard InChI is InChI=1S/C6H9O3.2O.Ti/c1-5(6(8)9)3-2-4-7;;;/h7H,2,4H2,1H3,(H,8,9);;;. The zero-order valence-corrected chi connectivity index (χ0v) is 8.09. The van der Waals surface area contributed by atoms with Crippen molar-refractivity contribution in [1.29, 1.82) is 0 Å². The predicted octanol–water partition coefficient (Wildman–Crippen LogP) is 0.0366. The van der Waals surface area contributed by atoms with Gasteiger partial charge in [0.25, 0.3) is 0 Å². The second-order valence-electron chi connectivity index (χ2n) is 2.17. The summed E-state index contributed by atoms with van der Waals surface area (Å²) in [5.74, 6) is -1.25. The van der Waals surface area contributed by atoms with Crippen LogP contribution in [-0.4, -0.2) is 22.8 Å². The minimum atomic E-state index is -3.83. The molecule has 0 rings (SSSR count). The van der Waals surface area contributed by atoms with E-state index >= 15 is 0 Å². The zero-order chi connectivity index (χ0) is 9.72. The number of aliphatic carboxylic acids is 1. The maximum absolute atomic E-state index is 10.5. The normalized spacial score (nSPS) is 12.2. The molecule has 0 aliphatic carbocycles. The predicted molar refractivity (Wildman–Crippen MR) is 33.4 cm³/mol. The number of hydrogen-bond donors (Lipinski definition) is 2. The Morgan fingerprint density at radius 1 is 1.42 bits per heavy atom. The molecule has 12 heavy (non-hydrogen) atoms. The minimum absolute atomic E-state index is 0.0968. The molecule has 0 bridgehead atoms. The third kappa shape index (κ3) is 3.25. The molecule has 0 fully saturated rings. The van der Waals surface area contributed by atoms with E-state index in [-0.39, 0.29) is 22.5 Å². The molecule has 6 heteroatoms. The van der Waals surface area contributed by atoms with Gasteiger partial charge in [0, 0.05) is 0 Å². The van der Waals surface area contributed by atoms with Gasteiger partial charge in [-0.15, -0.1) is 0 Å². The van der Waals surface area contributed by atoms with Gasteiger partial charge in [-0.05, 0) is 0 Å². The summed E-state index contributed by atoms with van der Waals surface area (Å²) in [5.41, 5.74) is -0.191. The van der Waals surface area contributed by atoms with Gasteiger partial charge in [-0.3, -0.25) is 0 Å². The first-order chi connectivity index (χ1) is 5.50. The molecule has 2 N–H and O–H groups in total. The molecule has 0 radical (unpaired) electrons. The Morgan fingerprint density at radius 2 is 1.92 bits per heavy atom. The second-order valence-corrected chi connectivity index (χ2v) is 4.01. The summed E-state index contributed by atoms with van der Waals surface area (Å²) in [7, 11) is 0. The molecule has 0 aromatic rings. The second kappa shape index (κ2) is 5.19. The fourth-order valence-electron chi connectivity index (χ4n) is 0.684. The molecule has 0 saturated carbocycles. The van der Waals surface area contributed by atoms with Crippen LogP contribution in [0, 0.1) is 0 Å². The molecule has 0 aromatic carbocycles. The van der Waals surface area contributed by atoms with E-state index in [1.807, 2.05) is 0 Å². The van der Waals surface area contributed by atoms with Crippen molar-refractivity contribution in [3.05, 3.63) is 9.45 Å². The molecule has 0 atom stereocenters. The van der Waals surface area contributed by atoms with E-state index in [0.29, 0.717) is 0 Å². The van der Waals surface area contributed by atoms with Gasteiger partial charge in [0.15, 0.2) is 0 Å². The van der Waals surface area contributed by atoms with Gasteiger partial charge >= 0.3 is 74.8 Å². The van der Waals surface area contributed by atoms with Crippen LogP contribution in [0.3, 0.4) is 0 Å². The number of hydrogen-bond acceptors (Lipinski definition) is 4. The van der Waals surface area contributed by atoms with Crippen molar-refractivity contribution in [1.82, 2.24) is 0 Å². The van der Waals surface area contributed by atoms with Crippen molar-refractivity contribution < 1.29 is 39.5 Å². The Kier molecular flexibility index (Phi) is 4.96. The van der Waals surface area contributed by atoms with Gasteiger partial charge in [-0.25, -0.2) is 0 Å². The first kappa shape index (κ1) is 11.5. The molecule has 0 aliphatic rings. The van der Waals surface area contributed by atoms with E-state index in [2.05, 4.69) is 0 Å². The van der Waals surface area contributed by atoms with Crippen molar-refractivity contribution >= 4 is 5.97 Å². The quantitative estimate of drug-likeness (QED) is 0.503. The molecule has 0 aromatic heterocycles. The third-order valence-electron chi connectivity index (χ3n) is 1.38. The van der Waals surface area contributed by atoms with Crippen molar-refractivity contribution in [2.45, 2.75) is 13.3 Å². The van der Waals surface area contributed by atoms with Crippen molar-refractivity contribution in [3.8, 4) is 0 Å². The fourth-order valence-corrected chi connectivity index (χ4v) is 1.82. The van der Waals surface area contributed by atoms with Crippen molar-refractivity contribution in [2.75, 3.05) is 6.61 Å². The number of carbonyl (C=O) groups is 1. The topological polar surface area (TPSA) is 91.7 Å². The van der Waals surface area contributed by atoms with Gasteiger partial charge < -0.3 is 0 Å². The van der Waals surface area contributed by atoms with Crippen LogP contribution in [0.15, 0.2) is 9.45 Å². The van der Waals surface area contributed by atoms with Crippen LogP contribution in [0.1, 0.15) is 13.3 Å². The van der Waals surface area contributed by atoms with Crippen molar-refractivity contribution in [3.63, 3.8) is 0 Å². The molecule has 0 amide bonds. The van der Waals surface area contributed by atoms with Crippen LogP contribution < -0.4 is 0 Å². The van der Waals surface area contributed by atoms with E-state index in [9.17, 15) is 11.4 Å². The molecule has 0 spiro atoms. The summed E-state index contributed by atoms with van der Waals surface area (Å²) in [6, 6.07) is 0. The molecular formula is C6H9O5Ti. The number of aliphatic hydroxyl groups is 1. The summed E-state index contributed by atoms with van der Waals surface area (Å²) >= 11 is -3.83. The SMILES string of the molecule is CC(C(=O)O)=[C](CCO)[Ti](=[O])=[O]. The number of carboxylic acids is 1. The Balaban J connectivity index is 4.93. The van der Waals surface area contributed by atoms with Gasteiger partial charge in [0.2, 0.25) is 0 Å². The van der Waals surface area contributed by atoms with Gasteiger partial charge in [-0.2, -0.15) is 0 Å². The van der Waals surface area contributed by atoms with Gasteiger partial charge in [-0.1, -0.05) is 0 Å². The van der Waals surface area contributed by atoms with E-state index in [1.54, 1.807) is 0 Å². The number of carboxylic acid groups (broad SMARTS) is 1. The van der Waals surface area contributed by atoms with Crippen LogP contribution in [0.4, 0.5) is 0 Å². The molecular weight excluding hydrogens is 200 g/mol. The molecule has 67 valence electrons. The first-order valence-corrected chi connectivity index (χ1v) is 5.31. The maximum atomic E-state index is 10.5. The average molecular weight is 209 g/mol. The Bertz CT molecular complexity index is 268. The monoisotopic (exact) mass is 209 g/mol. The van der Waals surface area contributed by atoms with Crippen molar-refractivity contribution in [2.24, 2.45) is 0 Å². The van der Waals surface area contributed by atoms with Crippen LogP contribution in [0.2, 0.25) is 0 Å². The summed E-state index contributed by atoms with van der Waals surface area (Å²) in [4.78, 5) is 10.3. The Labute approximate surface area is 75.2 Å². The number of rotatable bonds is 4. The molecule has 5 nitrogen and oxygen atoms in total. The fraction of sp³-hybridized carbons (Fsp3) is 0.500. The summed E-state index contributed by atoms with van der Waals surface area (Å²) in [6.07, 6.45) is -0.0968. The van der Waals surface area contributed by atoms with Crippen LogP contribution >= 0.6 is 0 Å². The zero-order valence-electron chi connectivity index (χ0n) is 6.53. The van der Waals surface area contributed by atoms with Crippen LogP contribution in [0.25, 0.3) is 0 Å². The average Bonchev–Trinajstić information content (AvgIpc) is 1.98. The first-order valence-electron chi connectivity index (χ1n) is 3.26. The van der Waals surface area contributed by atoms with Crippen LogP contribution in [0.5, 0.6) is 0 Å². The molecule has 0 heterocycles. The summed E-state index contributed by atoms with van der Waals surface area (Å²) < 4.78 is 21.0. The van der Waals surface area contributed by atoms with E-state index in [0.717, 1.165) is 0 Å². The Hall–Kier alpha value is -0.516. The van der Waals surface area contributed by atoms with E-state index < -0.39 is 23.8 Å². The third-order valence-corrected chi connectivity index (χ3v) is 3.13. The van der Waals surface area contributed by atoms with E-state index in [1.165, 1.54) is 6.92 Å². The summed E-state index contributed by atoms with van der Waals surface area (Å²) in [5, 5.41) is 16.9. The number of aliphatic hydroxyl groups excluding tert-OH is 1. The van der Waals surface area contributed by atoms with Gasteiger partial charge in [0.1, 0.15) is 0 Å². The summed E-state index contributed by atoms with van der Waals surface area (Å²) in [6.45, 7) is 0.872. The van der Waals surface area contributed by atoms with Gasteiger partial charge in [0.05, 0.1) is 0 Å². The van der Waals surface area contributed by atoms with E-state index in [4.69, 9.17) is 10.2 Å². The Morgan fingerprint density at radius 3 is 2.17 bits per heavy atom. The molecule has 0 unspecified atom stereocenters. The molecule has 0 saturated heterocycles. The molecule has 0 aliphatic heterocycles. The van der Waals surface area contributed by atoms with Crippen LogP contribution in [-0.2, 0) is 29.3 Å².